The van der Waals surface area contributed by atoms with Crippen LogP contribution in [0.25, 0.3) is 0 Å². The fourth-order valence-corrected chi connectivity index (χ4v) is 2.79. The van der Waals surface area contributed by atoms with Crippen LogP contribution in [0.1, 0.15) is 21.7 Å². The van der Waals surface area contributed by atoms with Crippen molar-refractivity contribution in [2.75, 3.05) is 11.9 Å². The first-order valence-corrected chi connectivity index (χ1v) is 8.83. The van der Waals surface area contributed by atoms with E-state index in [0.717, 1.165) is 5.56 Å². The van der Waals surface area contributed by atoms with Crippen LogP contribution in [0.5, 0.6) is 0 Å². The normalized spacial score (nSPS) is 10.4. The molecule has 0 unspecified atom stereocenters. The van der Waals surface area contributed by atoms with E-state index in [9.17, 15) is 9.59 Å². The number of carbonyl (C=O) groups excluding carboxylic acids is 2. The van der Waals surface area contributed by atoms with Gasteiger partial charge < -0.3 is 14.6 Å². The van der Waals surface area contributed by atoms with Crippen molar-refractivity contribution < 1.29 is 14.0 Å². The minimum absolute atomic E-state index is 0.101. The summed E-state index contributed by atoms with van der Waals surface area (Å²) in [5, 5.41) is 3.37. The summed E-state index contributed by atoms with van der Waals surface area (Å²) in [5.74, 6) is 0.0394. The highest BCUT2D eigenvalue weighted by atomic mass is 35.5. The molecule has 0 saturated heterocycles. The van der Waals surface area contributed by atoms with Gasteiger partial charge in [-0.2, -0.15) is 0 Å². The van der Waals surface area contributed by atoms with E-state index in [0.29, 0.717) is 22.0 Å². The molecule has 138 valence electrons. The molecule has 0 aliphatic rings. The quantitative estimate of drug-likeness (QED) is 0.681. The minimum Gasteiger partial charge on any atom is -0.467 e. The standard InChI is InChI=1S/C21H19ClN2O3/c1-15-4-2-5-18(12-15)23-20(25)14-24(13-19-6-3-11-27-19)21(26)16-7-9-17(22)10-8-16/h2-12H,13-14H2,1H3,(H,23,25). The fourth-order valence-electron chi connectivity index (χ4n) is 2.66. The molecule has 5 nitrogen and oxygen atoms in total. The average molecular weight is 383 g/mol. The first-order valence-electron chi connectivity index (χ1n) is 8.45. The molecule has 1 aromatic heterocycles. The van der Waals surface area contributed by atoms with E-state index < -0.39 is 0 Å². The molecule has 27 heavy (non-hydrogen) atoms. The highest BCUT2D eigenvalue weighted by Crippen LogP contribution is 2.15. The van der Waals surface area contributed by atoms with Crippen LogP contribution < -0.4 is 5.32 Å². The van der Waals surface area contributed by atoms with Crippen LogP contribution in [0.3, 0.4) is 0 Å². The van der Waals surface area contributed by atoms with Gasteiger partial charge in [0.25, 0.3) is 5.91 Å². The van der Waals surface area contributed by atoms with E-state index in [-0.39, 0.29) is 24.9 Å². The van der Waals surface area contributed by atoms with Crippen LogP contribution in [0, 0.1) is 6.92 Å². The molecular formula is C21H19ClN2O3. The third kappa shape index (κ3) is 5.21. The zero-order chi connectivity index (χ0) is 19.2. The summed E-state index contributed by atoms with van der Waals surface area (Å²) in [4.78, 5) is 26.8. The van der Waals surface area contributed by atoms with Gasteiger partial charge in [0.15, 0.2) is 0 Å². The second-order valence-electron chi connectivity index (χ2n) is 6.17. The topological polar surface area (TPSA) is 62.6 Å². The Morgan fingerprint density at radius 1 is 1.07 bits per heavy atom. The maximum Gasteiger partial charge on any atom is 0.254 e. The SMILES string of the molecule is Cc1cccc(NC(=O)CN(Cc2ccco2)C(=O)c2ccc(Cl)cc2)c1. The van der Waals surface area contributed by atoms with Gasteiger partial charge in [0, 0.05) is 16.3 Å². The van der Waals surface area contributed by atoms with Crippen molar-refractivity contribution in [3.63, 3.8) is 0 Å². The molecule has 1 heterocycles. The Morgan fingerprint density at radius 3 is 2.52 bits per heavy atom. The number of halogens is 1. The van der Waals surface area contributed by atoms with Crippen LogP contribution in [0.2, 0.25) is 5.02 Å². The summed E-state index contributed by atoms with van der Waals surface area (Å²) >= 11 is 5.89. The molecule has 0 saturated carbocycles. The number of hydrogen-bond donors (Lipinski definition) is 1. The van der Waals surface area contributed by atoms with Crippen LogP contribution in [0.4, 0.5) is 5.69 Å². The number of nitrogens with zero attached hydrogens (tertiary/aromatic N) is 1. The fraction of sp³-hybridized carbons (Fsp3) is 0.143. The zero-order valence-electron chi connectivity index (χ0n) is 14.8. The molecule has 2 amide bonds. The van der Waals surface area contributed by atoms with E-state index in [4.69, 9.17) is 16.0 Å². The predicted octanol–water partition coefficient (Wildman–Crippen LogP) is 4.52. The van der Waals surface area contributed by atoms with Crippen molar-refractivity contribution in [1.29, 1.82) is 0 Å². The smallest absolute Gasteiger partial charge is 0.254 e. The monoisotopic (exact) mass is 382 g/mol. The van der Waals surface area contributed by atoms with Crippen LogP contribution >= 0.6 is 11.6 Å². The minimum atomic E-state index is -0.283. The summed E-state index contributed by atoms with van der Waals surface area (Å²) in [5.41, 5.74) is 2.18. The first kappa shape index (κ1) is 18.7. The Hall–Kier alpha value is -3.05. The lowest BCUT2D eigenvalue weighted by atomic mass is 10.2. The molecule has 0 radical (unpaired) electrons. The van der Waals surface area contributed by atoms with Gasteiger partial charge in [-0.3, -0.25) is 9.59 Å². The summed E-state index contributed by atoms with van der Waals surface area (Å²) < 4.78 is 5.34. The Balaban J connectivity index is 1.75. The largest absolute Gasteiger partial charge is 0.467 e. The van der Waals surface area contributed by atoms with Gasteiger partial charge in [0.2, 0.25) is 5.91 Å². The van der Waals surface area contributed by atoms with E-state index in [2.05, 4.69) is 5.32 Å². The Morgan fingerprint density at radius 2 is 1.85 bits per heavy atom. The highest BCUT2D eigenvalue weighted by Gasteiger charge is 2.20. The third-order valence-corrected chi connectivity index (χ3v) is 4.19. The molecule has 3 aromatic rings. The number of anilines is 1. The maximum absolute atomic E-state index is 12.9. The van der Waals surface area contributed by atoms with Crippen molar-refractivity contribution >= 4 is 29.1 Å². The zero-order valence-corrected chi connectivity index (χ0v) is 15.6. The second kappa shape index (κ2) is 8.56. The number of amides is 2. The molecule has 0 spiro atoms. The lowest BCUT2D eigenvalue weighted by molar-refractivity contribution is -0.117. The summed E-state index contributed by atoms with van der Waals surface area (Å²) in [6.07, 6.45) is 1.53. The van der Waals surface area contributed by atoms with E-state index >= 15 is 0 Å². The van der Waals surface area contributed by atoms with Gasteiger partial charge in [-0.15, -0.1) is 0 Å². The first-order chi connectivity index (χ1) is 13.0. The predicted molar refractivity (Wildman–Crippen MR) is 105 cm³/mol. The maximum atomic E-state index is 12.9. The number of nitrogens with one attached hydrogen (secondary N) is 1. The number of rotatable bonds is 6. The Labute approximate surface area is 162 Å². The average Bonchev–Trinajstić information content (AvgIpc) is 3.14. The van der Waals surface area contributed by atoms with Gasteiger partial charge in [0.1, 0.15) is 12.3 Å². The number of furan rings is 1. The van der Waals surface area contributed by atoms with Gasteiger partial charge in [-0.25, -0.2) is 0 Å². The molecule has 0 aliphatic carbocycles. The lowest BCUT2D eigenvalue weighted by Crippen LogP contribution is -2.37. The van der Waals surface area contributed by atoms with Crippen LogP contribution in [-0.4, -0.2) is 23.3 Å². The number of hydrogen-bond acceptors (Lipinski definition) is 3. The van der Waals surface area contributed by atoms with Crippen LogP contribution in [-0.2, 0) is 11.3 Å². The molecule has 6 heteroatoms. The van der Waals surface area contributed by atoms with Crippen molar-refractivity contribution in [2.24, 2.45) is 0 Å². The molecule has 1 N–H and O–H groups in total. The summed E-state index contributed by atoms with van der Waals surface area (Å²) in [7, 11) is 0. The molecular weight excluding hydrogens is 364 g/mol. The van der Waals surface area contributed by atoms with Crippen molar-refractivity contribution in [2.45, 2.75) is 13.5 Å². The van der Waals surface area contributed by atoms with Gasteiger partial charge >= 0.3 is 0 Å². The summed E-state index contributed by atoms with van der Waals surface area (Å²) in [6.45, 7) is 2.04. The number of benzene rings is 2. The van der Waals surface area contributed by atoms with Crippen molar-refractivity contribution in [3.8, 4) is 0 Å². The molecule has 0 bridgehead atoms. The second-order valence-corrected chi connectivity index (χ2v) is 6.60. The van der Waals surface area contributed by atoms with E-state index in [1.807, 2.05) is 31.2 Å². The summed E-state index contributed by atoms with van der Waals surface area (Å²) in [6, 6.07) is 17.6. The van der Waals surface area contributed by atoms with Gasteiger partial charge in [-0.1, -0.05) is 23.7 Å². The molecule has 3 rings (SSSR count). The molecule has 0 atom stereocenters. The third-order valence-electron chi connectivity index (χ3n) is 3.94. The number of carbonyl (C=O) groups is 2. The van der Waals surface area contributed by atoms with E-state index in [1.165, 1.54) is 11.2 Å². The van der Waals surface area contributed by atoms with Crippen molar-refractivity contribution in [1.82, 2.24) is 4.90 Å². The van der Waals surface area contributed by atoms with Gasteiger partial charge in [-0.05, 0) is 61.0 Å². The van der Waals surface area contributed by atoms with Crippen LogP contribution in [0.15, 0.2) is 71.3 Å². The Bertz CT molecular complexity index is 921. The van der Waals surface area contributed by atoms with Gasteiger partial charge in [0.05, 0.1) is 12.8 Å². The molecule has 0 aliphatic heterocycles. The highest BCUT2D eigenvalue weighted by molar-refractivity contribution is 6.30. The van der Waals surface area contributed by atoms with E-state index in [1.54, 1.807) is 36.4 Å². The van der Waals surface area contributed by atoms with Crippen molar-refractivity contribution in [3.05, 3.63) is 88.8 Å². The lowest BCUT2D eigenvalue weighted by Gasteiger charge is -2.21. The molecule has 0 fully saturated rings. The Kier molecular flexibility index (Phi) is 5.94. The molecule has 2 aromatic carbocycles. The number of aryl methyl sites for hydroxylation is 1.